The predicted octanol–water partition coefficient (Wildman–Crippen LogP) is 1.59. The second-order valence-corrected chi connectivity index (χ2v) is 6.72. The van der Waals surface area contributed by atoms with Crippen LogP contribution in [-0.2, 0) is 22.5 Å². The molecule has 0 bridgehead atoms. The minimum absolute atomic E-state index is 0.0115. The standard InChI is InChI=1S/C19H26N4O2/c1-21(2)19(24)14-25-13-18-12-22(11-17-10-20-15-23(17)18)9-8-16-6-4-3-5-7-16/h3-7,10,15,18H,8-9,11-14H2,1-2H3/t18-/m1/s1. The fraction of sp³-hybridized carbons (Fsp3) is 0.474. The Balaban J connectivity index is 1.56. The van der Waals surface area contributed by atoms with E-state index in [4.69, 9.17) is 4.74 Å². The van der Waals surface area contributed by atoms with Gasteiger partial charge in [-0.2, -0.15) is 0 Å². The van der Waals surface area contributed by atoms with Gasteiger partial charge >= 0.3 is 0 Å². The molecule has 1 amide bonds. The molecule has 1 aliphatic heterocycles. The summed E-state index contributed by atoms with van der Waals surface area (Å²) in [6, 6.07) is 10.7. The number of fused-ring (bicyclic) bond motifs is 1. The van der Waals surface area contributed by atoms with Crippen LogP contribution in [0.1, 0.15) is 17.3 Å². The van der Waals surface area contributed by atoms with E-state index < -0.39 is 0 Å². The average molecular weight is 342 g/mol. The molecular formula is C19H26N4O2. The Morgan fingerprint density at radius 2 is 2.12 bits per heavy atom. The Hall–Kier alpha value is -2.18. The van der Waals surface area contributed by atoms with Gasteiger partial charge in [-0.05, 0) is 12.0 Å². The molecule has 134 valence electrons. The van der Waals surface area contributed by atoms with E-state index in [9.17, 15) is 4.79 Å². The van der Waals surface area contributed by atoms with Crippen LogP contribution in [0.4, 0.5) is 0 Å². The maximum Gasteiger partial charge on any atom is 0.248 e. The van der Waals surface area contributed by atoms with Crippen molar-refractivity contribution in [2.24, 2.45) is 0 Å². The molecule has 1 atom stereocenters. The quantitative estimate of drug-likeness (QED) is 0.767. The van der Waals surface area contributed by atoms with Gasteiger partial charge in [0, 0.05) is 39.9 Å². The van der Waals surface area contributed by atoms with E-state index in [1.54, 1.807) is 19.0 Å². The molecule has 0 fully saturated rings. The van der Waals surface area contributed by atoms with E-state index in [-0.39, 0.29) is 18.6 Å². The van der Waals surface area contributed by atoms with E-state index in [1.165, 1.54) is 11.3 Å². The lowest BCUT2D eigenvalue weighted by molar-refractivity contribution is -0.134. The number of aromatic nitrogens is 2. The third kappa shape index (κ3) is 4.67. The number of ether oxygens (including phenoxy) is 1. The maximum atomic E-state index is 11.7. The molecule has 0 unspecified atom stereocenters. The molecule has 2 heterocycles. The molecule has 6 nitrogen and oxygen atoms in total. The molecule has 6 heteroatoms. The Labute approximate surface area is 149 Å². The van der Waals surface area contributed by atoms with Crippen molar-refractivity contribution in [2.75, 3.05) is 40.4 Å². The van der Waals surface area contributed by atoms with Crippen LogP contribution < -0.4 is 0 Å². The van der Waals surface area contributed by atoms with Crippen molar-refractivity contribution in [1.29, 1.82) is 0 Å². The van der Waals surface area contributed by atoms with Gasteiger partial charge < -0.3 is 14.2 Å². The first-order valence-corrected chi connectivity index (χ1v) is 8.68. The van der Waals surface area contributed by atoms with Crippen molar-refractivity contribution in [3.05, 3.63) is 54.1 Å². The van der Waals surface area contributed by atoms with Gasteiger partial charge in [-0.15, -0.1) is 0 Å². The van der Waals surface area contributed by atoms with E-state index in [2.05, 4.69) is 38.7 Å². The Morgan fingerprint density at radius 3 is 2.88 bits per heavy atom. The van der Waals surface area contributed by atoms with Crippen molar-refractivity contribution in [2.45, 2.75) is 19.0 Å². The van der Waals surface area contributed by atoms with Gasteiger partial charge in [-0.25, -0.2) is 4.98 Å². The van der Waals surface area contributed by atoms with Crippen molar-refractivity contribution in [3.63, 3.8) is 0 Å². The van der Waals surface area contributed by atoms with Crippen LogP contribution in [0.2, 0.25) is 0 Å². The second-order valence-electron chi connectivity index (χ2n) is 6.72. The predicted molar refractivity (Wildman–Crippen MR) is 96.2 cm³/mol. The SMILES string of the molecule is CN(C)C(=O)COC[C@H]1CN(CCc2ccccc2)Cc2cncn21. The average Bonchev–Trinajstić information content (AvgIpc) is 3.09. The van der Waals surface area contributed by atoms with E-state index in [1.807, 2.05) is 18.6 Å². The zero-order chi connectivity index (χ0) is 17.6. The Bertz CT molecular complexity index is 684. The van der Waals surface area contributed by atoms with Crippen molar-refractivity contribution in [1.82, 2.24) is 19.4 Å². The fourth-order valence-electron chi connectivity index (χ4n) is 3.11. The van der Waals surface area contributed by atoms with Gasteiger partial charge in [-0.1, -0.05) is 30.3 Å². The summed E-state index contributed by atoms with van der Waals surface area (Å²) in [4.78, 5) is 19.9. The Kier molecular flexibility index (Phi) is 5.83. The molecule has 1 aliphatic rings. The van der Waals surface area contributed by atoms with Gasteiger partial charge in [0.05, 0.1) is 24.7 Å². The Morgan fingerprint density at radius 1 is 1.32 bits per heavy atom. The van der Waals surface area contributed by atoms with Gasteiger partial charge in [0.15, 0.2) is 0 Å². The molecule has 1 aromatic carbocycles. The third-order valence-corrected chi connectivity index (χ3v) is 4.59. The first-order chi connectivity index (χ1) is 12.1. The van der Waals surface area contributed by atoms with Crippen LogP contribution in [-0.4, -0.2) is 65.7 Å². The molecule has 0 spiro atoms. The largest absolute Gasteiger partial charge is 0.369 e. The molecule has 0 N–H and O–H groups in total. The van der Waals surface area contributed by atoms with Crippen LogP contribution in [0.25, 0.3) is 0 Å². The summed E-state index contributed by atoms with van der Waals surface area (Å²) in [6.45, 7) is 3.46. The monoisotopic (exact) mass is 342 g/mol. The number of benzene rings is 1. The number of hydrogen-bond donors (Lipinski definition) is 0. The molecule has 2 aromatic rings. The second kappa shape index (κ2) is 8.27. The van der Waals surface area contributed by atoms with Crippen LogP contribution in [0.5, 0.6) is 0 Å². The zero-order valence-electron chi connectivity index (χ0n) is 15.0. The minimum Gasteiger partial charge on any atom is -0.369 e. The fourth-order valence-corrected chi connectivity index (χ4v) is 3.11. The van der Waals surface area contributed by atoms with Crippen molar-refractivity contribution in [3.8, 4) is 0 Å². The van der Waals surface area contributed by atoms with Gasteiger partial charge in [0.2, 0.25) is 5.91 Å². The highest BCUT2D eigenvalue weighted by molar-refractivity contribution is 5.76. The molecule has 0 saturated carbocycles. The number of carbonyl (C=O) groups excluding carboxylic acids is 1. The number of imidazole rings is 1. The highest BCUT2D eigenvalue weighted by Crippen LogP contribution is 2.21. The number of nitrogens with zero attached hydrogens (tertiary/aromatic N) is 4. The highest BCUT2D eigenvalue weighted by Gasteiger charge is 2.25. The number of rotatable bonds is 7. The summed E-state index contributed by atoms with van der Waals surface area (Å²) in [7, 11) is 3.48. The summed E-state index contributed by atoms with van der Waals surface area (Å²) in [5, 5.41) is 0. The third-order valence-electron chi connectivity index (χ3n) is 4.59. The lowest BCUT2D eigenvalue weighted by Gasteiger charge is -2.34. The molecule has 3 rings (SSSR count). The summed E-state index contributed by atoms with van der Waals surface area (Å²) in [5.41, 5.74) is 2.55. The minimum atomic E-state index is -0.0115. The smallest absolute Gasteiger partial charge is 0.248 e. The van der Waals surface area contributed by atoms with Gasteiger partial charge in [0.1, 0.15) is 6.61 Å². The van der Waals surface area contributed by atoms with Crippen molar-refractivity contribution < 1.29 is 9.53 Å². The lowest BCUT2D eigenvalue weighted by atomic mass is 10.1. The summed E-state index contributed by atoms with van der Waals surface area (Å²) < 4.78 is 7.85. The first kappa shape index (κ1) is 17.6. The maximum absolute atomic E-state index is 11.7. The number of carbonyl (C=O) groups is 1. The summed E-state index contributed by atoms with van der Waals surface area (Å²) >= 11 is 0. The van der Waals surface area contributed by atoms with E-state index >= 15 is 0 Å². The highest BCUT2D eigenvalue weighted by atomic mass is 16.5. The van der Waals surface area contributed by atoms with Gasteiger partial charge in [0.25, 0.3) is 0 Å². The molecule has 0 radical (unpaired) electrons. The molecule has 1 aromatic heterocycles. The van der Waals surface area contributed by atoms with Crippen LogP contribution in [0.3, 0.4) is 0 Å². The number of hydrogen-bond acceptors (Lipinski definition) is 4. The first-order valence-electron chi connectivity index (χ1n) is 8.68. The summed E-state index contributed by atoms with van der Waals surface area (Å²) in [6.07, 6.45) is 4.82. The topological polar surface area (TPSA) is 50.6 Å². The normalized spacial score (nSPS) is 17.3. The van der Waals surface area contributed by atoms with Crippen LogP contribution in [0, 0.1) is 0 Å². The summed E-state index contributed by atoms with van der Waals surface area (Å²) in [5.74, 6) is -0.0115. The van der Waals surface area contributed by atoms with Crippen LogP contribution in [0.15, 0.2) is 42.9 Å². The van der Waals surface area contributed by atoms with E-state index in [0.29, 0.717) is 6.61 Å². The zero-order valence-corrected chi connectivity index (χ0v) is 15.0. The van der Waals surface area contributed by atoms with Crippen LogP contribution >= 0.6 is 0 Å². The molecule has 0 aliphatic carbocycles. The van der Waals surface area contributed by atoms with Gasteiger partial charge in [-0.3, -0.25) is 9.69 Å². The number of amides is 1. The lowest BCUT2D eigenvalue weighted by Crippen LogP contribution is -2.40. The molecule has 0 saturated heterocycles. The molecular weight excluding hydrogens is 316 g/mol. The number of likely N-dealkylation sites (N-methyl/N-ethyl adjacent to an activating group) is 1. The molecule has 25 heavy (non-hydrogen) atoms. The van der Waals surface area contributed by atoms with Crippen molar-refractivity contribution >= 4 is 5.91 Å². The van der Waals surface area contributed by atoms with E-state index in [0.717, 1.165) is 26.1 Å².